The van der Waals surface area contributed by atoms with Crippen molar-refractivity contribution in [2.24, 2.45) is 0 Å². The first kappa shape index (κ1) is 15.6. The molecule has 3 heteroatoms. The van der Waals surface area contributed by atoms with Crippen LogP contribution >= 0.6 is 0 Å². The Morgan fingerprint density at radius 2 is 1.05 bits per heavy atom. The van der Waals surface area contributed by atoms with E-state index in [0.717, 1.165) is 23.3 Å². The lowest BCUT2D eigenvalue weighted by atomic mass is 9.86. The minimum atomic E-state index is -4.27. The molecule has 0 saturated heterocycles. The standard InChI is InChI=1S/C18H19F3/c1-17(2,3)15-8-4-13(5-9-15)12-14-6-10-16(11-7-14)18(19,20)21/h4-11H,12H2,1-3H3. The van der Waals surface area contributed by atoms with Gasteiger partial charge in [-0.2, -0.15) is 13.2 Å². The van der Waals surface area contributed by atoms with Gasteiger partial charge in [-0.15, -0.1) is 0 Å². The summed E-state index contributed by atoms with van der Waals surface area (Å²) in [6.45, 7) is 6.45. The Bertz CT molecular complexity index is 529. The lowest BCUT2D eigenvalue weighted by molar-refractivity contribution is -0.137. The minimum absolute atomic E-state index is 0.104. The molecule has 2 aromatic rings. The Morgan fingerprint density at radius 1 is 0.667 bits per heavy atom. The maximum atomic E-state index is 12.5. The summed E-state index contributed by atoms with van der Waals surface area (Å²) in [5.41, 5.74) is 2.73. The highest BCUT2D eigenvalue weighted by molar-refractivity contribution is 5.33. The largest absolute Gasteiger partial charge is 0.416 e. The summed E-state index contributed by atoms with van der Waals surface area (Å²) in [4.78, 5) is 0. The Labute approximate surface area is 123 Å². The van der Waals surface area contributed by atoms with E-state index in [1.165, 1.54) is 5.56 Å². The highest BCUT2D eigenvalue weighted by Crippen LogP contribution is 2.29. The molecule has 2 aromatic carbocycles. The van der Waals surface area contributed by atoms with Gasteiger partial charge in [-0.25, -0.2) is 0 Å². The Morgan fingerprint density at radius 3 is 1.38 bits per heavy atom. The summed E-state index contributed by atoms with van der Waals surface area (Å²) in [6, 6.07) is 13.6. The van der Waals surface area contributed by atoms with Crippen molar-refractivity contribution in [1.29, 1.82) is 0 Å². The zero-order chi connectivity index (χ0) is 15.7. The van der Waals surface area contributed by atoms with E-state index in [1.807, 2.05) is 12.1 Å². The normalized spacial score (nSPS) is 12.5. The minimum Gasteiger partial charge on any atom is -0.166 e. The van der Waals surface area contributed by atoms with Crippen LogP contribution in [0.2, 0.25) is 0 Å². The van der Waals surface area contributed by atoms with Crippen LogP contribution in [0.3, 0.4) is 0 Å². The third-order valence-electron chi connectivity index (χ3n) is 3.51. The molecule has 0 aliphatic carbocycles. The van der Waals surface area contributed by atoms with Crippen molar-refractivity contribution in [2.45, 2.75) is 38.8 Å². The smallest absolute Gasteiger partial charge is 0.166 e. The van der Waals surface area contributed by atoms with Crippen LogP contribution in [0, 0.1) is 0 Å². The summed E-state index contributed by atoms with van der Waals surface area (Å²) in [5.74, 6) is 0. The molecule has 0 N–H and O–H groups in total. The molecule has 0 aromatic heterocycles. The van der Waals surface area contributed by atoms with Gasteiger partial charge in [-0.1, -0.05) is 57.2 Å². The summed E-state index contributed by atoms with van der Waals surface area (Å²) < 4.78 is 37.5. The lowest BCUT2D eigenvalue weighted by Crippen LogP contribution is -2.10. The molecule has 112 valence electrons. The van der Waals surface area contributed by atoms with Crippen molar-refractivity contribution in [2.75, 3.05) is 0 Å². The van der Waals surface area contributed by atoms with Crippen molar-refractivity contribution >= 4 is 0 Å². The van der Waals surface area contributed by atoms with Crippen LogP contribution in [0.5, 0.6) is 0 Å². The first-order valence-electron chi connectivity index (χ1n) is 6.92. The highest BCUT2D eigenvalue weighted by atomic mass is 19.4. The second-order valence-electron chi connectivity index (χ2n) is 6.32. The van der Waals surface area contributed by atoms with Gasteiger partial charge >= 0.3 is 6.18 Å². The lowest BCUT2D eigenvalue weighted by Gasteiger charge is -2.19. The fraction of sp³-hybridized carbons (Fsp3) is 0.333. The molecule has 0 atom stereocenters. The van der Waals surface area contributed by atoms with Crippen LogP contribution in [0.15, 0.2) is 48.5 Å². The second kappa shape index (κ2) is 5.55. The molecule has 21 heavy (non-hydrogen) atoms. The van der Waals surface area contributed by atoms with Gasteiger partial charge in [0.15, 0.2) is 0 Å². The molecule has 0 radical (unpaired) electrons. The van der Waals surface area contributed by atoms with E-state index >= 15 is 0 Å². The molecular formula is C18H19F3. The summed E-state index contributed by atoms with van der Waals surface area (Å²) in [7, 11) is 0. The van der Waals surface area contributed by atoms with Crippen LogP contribution in [0.1, 0.15) is 43.0 Å². The van der Waals surface area contributed by atoms with E-state index in [1.54, 1.807) is 12.1 Å². The quantitative estimate of drug-likeness (QED) is 0.676. The molecule has 0 bridgehead atoms. The zero-order valence-electron chi connectivity index (χ0n) is 12.5. The van der Waals surface area contributed by atoms with E-state index in [4.69, 9.17) is 0 Å². The topological polar surface area (TPSA) is 0 Å². The van der Waals surface area contributed by atoms with Gasteiger partial charge in [0.2, 0.25) is 0 Å². The maximum Gasteiger partial charge on any atom is 0.416 e. The van der Waals surface area contributed by atoms with Crippen LogP contribution in [0.4, 0.5) is 13.2 Å². The highest BCUT2D eigenvalue weighted by Gasteiger charge is 2.29. The Hall–Kier alpha value is -1.77. The number of halogens is 3. The van der Waals surface area contributed by atoms with Crippen LogP contribution in [0.25, 0.3) is 0 Å². The third-order valence-corrected chi connectivity index (χ3v) is 3.51. The number of rotatable bonds is 2. The predicted octanol–water partition coefficient (Wildman–Crippen LogP) is 5.59. The molecule has 0 spiro atoms. The van der Waals surface area contributed by atoms with E-state index in [0.29, 0.717) is 6.42 Å². The fourth-order valence-electron chi connectivity index (χ4n) is 2.17. The van der Waals surface area contributed by atoms with Gasteiger partial charge in [0.05, 0.1) is 5.56 Å². The molecule has 0 aliphatic heterocycles. The average Bonchev–Trinajstić information content (AvgIpc) is 2.38. The van der Waals surface area contributed by atoms with Gasteiger partial charge < -0.3 is 0 Å². The molecule has 0 nitrogen and oxygen atoms in total. The van der Waals surface area contributed by atoms with Crippen molar-refractivity contribution in [3.8, 4) is 0 Å². The number of hydrogen-bond acceptors (Lipinski definition) is 0. The fourth-order valence-corrected chi connectivity index (χ4v) is 2.17. The van der Waals surface area contributed by atoms with E-state index in [9.17, 15) is 13.2 Å². The monoisotopic (exact) mass is 292 g/mol. The molecule has 0 saturated carbocycles. The third kappa shape index (κ3) is 4.10. The zero-order valence-corrected chi connectivity index (χ0v) is 12.5. The van der Waals surface area contributed by atoms with Gasteiger partial charge in [0.1, 0.15) is 0 Å². The van der Waals surface area contributed by atoms with E-state index in [-0.39, 0.29) is 5.41 Å². The molecular weight excluding hydrogens is 273 g/mol. The molecule has 2 rings (SSSR count). The first-order valence-corrected chi connectivity index (χ1v) is 6.92. The number of benzene rings is 2. The SMILES string of the molecule is CC(C)(C)c1ccc(Cc2ccc(C(F)(F)F)cc2)cc1. The van der Waals surface area contributed by atoms with Crippen molar-refractivity contribution < 1.29 is 13.2 Å². The first-order chi connectivity index (χ1) is 9.66. The number of hydrogen-bond donors (Lipinski definition) is 0. The van der Waals surface area contributed by atoms with Crippen molar-refractivity contribution in [1.82, 2.24) is 0 Å². The van der Waals surface area contributed by atoms with Gasteiger partial charge in [0.25, 0.3) is 0 Å². The van der Waals surface area contributed by atoms with E-state index < -0.39 is 11.7 Å². The number of alkyl halides is 3. The molecule has 0 unspecified atom stereocenters. The van der Waals surface area contributed by atoms with Crippen molar-refractivity contribution in [3.63, 3.8) is 0 Å². The Balaban J connectivity index is 2.12. The van der Waals surface area contributed by atoms with Crippen molar-refractivity contribution in [3.05, 3.63) is 70.8 Å². The van der Waals surface area contributed by atoms with Crippen LogP contribution < -0.4 is 0 Å². The molecule has 0 aliphatic rings. The molecule has 0 amide bonds. The van der Waals surface area contributed by atoms with Gasteiger partial charge in [-0.05, 0) is 40.7 Å². The summed E-state index contributed by atoms with van der Waals surface area (Å²) in [5, 5.41) is 0. The van der Waals surface area contributed by atoms with Gasteiger partial charge in [-0.3, -0.25) is 0 Å². The second-order valence-corrected chi connectivity index (χ2v) is 6.32. The predicted molar refractivity (Wildman–Crippen MR) is 79.4 cm³/mol. The summed E-state index contributed by atoms with van der Waals surface area (Å²) in [6.07, 6.45) is -3.63. The van der Waals surface area contributed by atoms with E-state index in [2.05, 4.69) is 32.9 Å². The van der Waals surface area contributed by atoms with Crippen LogP contribution in [-0.4, -0.2) is 0 Å². The van der Waals surface area contributed by atoms with Gasteiger partial charge in [0, 0.05) is 0 Å². The Kier molecular flexibility index (Phi) is 4.13. The molecule has 0 heterocycles. The average molecular weight is 292 g/mol. The molecule has 0 fully saturated rings. The van der Waals surface area contributed by atoms with Crippen LogP contribution in [-0.2, 0) is 18.0 Å². The summed E-state index contributed by atoms with van der Waals surface area (Å²) >= 11 is 0. The maximum absolute atomic E-state index is 12.5.